The molecular formula is C11H8BrClFNS. The Morgan fingerprint density at radius 3 is 2.81 bits per heavy atom. The van der Waals surface area contributed by atoms with Crippen molar-refractivity contribution in [3.63, 3.8) is 0 Å². The van der Waals surface area contributed by atoms with Crippen molar-refractivity contribution >= 4 is 38.9 Å². The third kappa shape index (κ3) is 2.30. The second-order valence-electron chi connectivity index (χ2n) is 3.32. The van der Waals surface area contributed by atoms with Gasteiger partial charge in [0, 0.05) is 10.0 Å². The first-order valence-corrected chi connectivity index (χ1v) is 6.63. The van der Waals surface area contributed by atoms with Gasteiger partial charge in [0.2, 0.25) is 0 Å². The van der Waals surface area contributed by atoms with Gasteiger partial charge in [0.1, 0.15) is 5.82 Å². The summed E-state index contributed by atoms with van der Waals surface area (Å²) in [5, 5.41) is 4.27. The van der Waals surface area contributed by atoms with Crippen molar-refractivity contribution in [3.8, 4) is 0 Å². The predicted molar refractivity (Wildman–Crippen MR) is 69.5 cm³/mol. The summed E-state index contributed by atoms with van der Waals surface area (Å²) >= 11 is 10.6. The Bertz CT molecular complexity index is 501. The molecule has 0 aliphatic carbocycles. The van der Waals surface area contributed by atoms with Crippen LogP contribution in [0.5, 0.6) is 0 Å². The van der Waals surface area contributed by atoms with Gasteiger partial charge < -0.3 is 5.73 Å². The molecule has 84 valence electrons. The van der Waals surface area contributed by atoms with Gasteiger partial charge in [-0.05, 0) is 50.5 Å². The number of hydrogen-bond acceptors (Lipinski definition) is 2. The van der Waals surface area contributed by atoms with E-state index >= 15 is 0 Å². The number of thiophene rings is 1. The van der Waals surface area contributed by atoms with Crippen LogP contribution in [-0.4, -0.2) is 0 Å². The van der Waals surface area contributed by atoms with Crippen LogP contribution < -0.4 is 5.73 Å². The maximum absolute atomic E-state index is 13.7. The zero-order chi connectivity index (χ0) is 11.7. The van der Waals surface area contributed by atoms with E-state index in [9.17, 15) is 4.39 Å². The fourth-order valence-electron chi connectivity index (χ4n) is 1.41. The quantitative estimate of drug-likeness (QED) is 0.818. The Hall–Kier alpha value is -0.420. The Labute approximate surface area is 110 Å². The molecule has 16 heavy (non-hydrogen) atoms. The summed E-state index contributed by atoms with van der Waals surface area (Å²) in [4.78, 5) is 0. The molecule has 1 aromatic heterocycles. The van der Waals surface area contributed by atoms with Crippen molar-refractivity contribution in [3.05, 3.63) is 55.4 Å². The highest BCUT2D eigenvalue weighted by atomic mass is 79.9. The van der Waals surface area contributed by atoms with Gasteiger partial charge in [-0.15, -0.1) is 0 Å². The van der Waals surface area contributed by atoms with Crippen molar-refractivity contribution in [2.45, 2.75) is 6.04 Å². The topological polar surface area (TPSA) is 26.0 Å². The van der Waals surface area contributed by atoms with Gasteiger partial charge in [0.25, 0.3) is 0 Å². The van der Waals surface area contributed by atoms with E-state index in [2.05, 4.69) is 15.9 Å². The van der Waals surface area contributed by atoms with Gasteiger partial charge in [0.05, 0.1) is 11.1 Å². The van der Waals surface area contributed by atoms with Crippen LogP contribution in [0, 0.1) is 5.82 Å². The van der Waals surface area contributed by atoms with Crippen LogP contribution in [0.3, 0.4) is 0 Å². The molecule has 0 saturated carbocycles. The summed E-state index contributed by atoms with van der Waals surface area (Å²) in [6, 6.07) is 4.30. The van der Waals surface area contributed by atoms with Gasteiger partial charge in [0.15, 0.2) is 0 Å². The molecule has 2 rings (SSSR count). The molecule has 0 aliphatic heterocycles. The largest absolute Gasteiger partial charge is 0.320 e. The van der Waals surface area contributed by atoms with E-state index < -0.39 is 6.04 Å². The molecule has 2 aromatic rings. The van der Waals surface area contributed by atoms with E-state index in [4.69, 9.17) is 17.3 Å². The fourth-order valence-corrected chi connectivity index (χ4v) is 2.59. The van der Waals surface area contributed by atoms with Crippen LogP contribution in [0.15, 0.2) is 33.4 Å². The first-order chi connectivity index (χ1) is 7.59. The number of benzene rings is 1. The van der Waals surface area contributed by atoms with Crippen molar-refractivity contribution in [1.29, 1.82) is 0 Å². The van der Waals surface area contributed by atoms with E-state index in [1.807, 2.05) is 16.8 Å². The summed E-state index contributed by atoms with van der Waals surface area (Å²) in [5.74, 6) is -0.352. The molecule has 0 aliphatic rings. The summed E-state index contributed by atoms with van der Waals surface area (Å²) in [6.45, 7) is 0. The van der Waals surface area contributed by atoms with Gasteiger partial charge in [-0.2, -0.15) is 11.3 Å². The minimum Gasteiger partial charge on any atom is -0.320 e. The van der Waals surface area contributed by atoms with Crippen LogP contribution in [0.1, 0.15) is 17.2 Å². The predicted octanol–water partition coefficient (Wildman–Crippen LogP) is 4.35. The molecule has 1 heterocycles. The summed E-state index contributed by atoms with van der Waals surface area (Å²) < 4.78 is 14.2. The molecule has 5 heteroatoms. The Kier molecular flexibility index (Phi) is 3.64. The first-order valence-electron chi connectivity index (χ1n) is 4.51. The smallest absolute Gasteiger partial charge is 0.129 e. The highest BCUT2D eigenvalue weighted by Crippen LogP contribution is 2.31. The molecule has 2 N–H and O–H groups in total. The SMILES string of the molecule is NC(c1ccsc1)c1cc(Cl)c(Br)cc1F. The molecule has 0 bridgehead atoms. The van der Waals surface area contributed by atoms with E-state index in [0.717, 1.165) is 5.56 Å². The van der Waals surface area contributed by atoms with E-state index in [-0.39, 0.29) is 5.82 Å². The Morgan fingerprint density at radius 1 is 1.44 bits per heavy atom. The molecular weight excluding hydrogens is 313 g/mol. The molecule has 1 nitrogen and oxygen atoms in total. The molecule has 1 atom stereocenters. The highest BCUT2D eigenvalue weighted by molar-refractivity contribution is 9.10. The molecule has 0 amide bonds. The molecule has 0 spiro atoms. The molecule has 0 radical (unpaired) electrons. The summed E-state index contributed by atoms with van der Waals surface area (Å²) in [5.41, 5.74) is 7.27. The molecule has 0 saturated heterocycles. The lowest BCUT2D eigenvalue weighted by Crippen LogP contribution is -2.12. The van der Waals surface area contributed by atoms with Gasteiger partial charge >= 0.3 is 0 Å². The number of rotatable bonds is 2. The lowest BCUT2D eigenvalue weighted by atomic mass is 10.0. The van der Waals surface area contributed by atoms with Crippen LogP contribution in [-0.2, 0) is 0 Å². The van der Waals surface area contributed by atoms with E-state index in [0.29, 0.717) is 15.1 Å². The van der Waals surface area contributed by atoms with Gasteiger partial charge in [-0.25, -0.2) is 4.39 Å². The maximum atomic E-state index is 13.7. The third-order valence-electron chi connectivity index (χ3n) is 2.28. The van der Waals surface area contributed by atoms with E-state index in [1.54, 1.807) is 6.07 Å². The van der Waals surface area contributed by atoms with E-state index in [1.165, 1.54) is 17.4 Å². The molecule has 0 fully saturated rings. The number of hydrogen-bond donors (Lipinski definition) is 1. The van der Waals surface area contributed by atoms with Crippen LogP contribution in [0.25, 0.3) is 0 Å². The van der Waals surface area contributed by atoms with Crippen LogP contribution >= 0.6 is 38.9 Å². The second-order valence-corrected chi connectivity index (χ2v) is 5.36. The van der Waals surface area contributed by atoms with Crippen molar-refractivity contribution in [1.82, 2.24) is 0 Å². The Morgan fingerprint density at radius 2 is 2.19 bits per heavy atom. The minimum atomic E-state index is -0.475. The highest BCUT2D eigenvalue weighted by Gasteiger charge is 2.15. The zero-order valence-electron chi connectivity index (χ0n) is 8.08. The minimum absolute atomic E-state index is 0.352. The van der Waals surface area contributed by atoms with Crippen molar-refractivity contribution < 1.29 is 4.39 Å². The number of halogens is 3. The maximum Gasteiger partial charge on any atom is 0.129 e. The first kappa shape index (κ1) is 12.0. The van der Waals surface area contributed by atoms with Crippen LogP contribution in [0.4, 0.5) is 4.39 Å². The van der Waals surface area contributed by atoms with Gasteiger partial charge in [-0.1, -0.05) is 11.6 Å². The Balaban J connectivity index is 2.44. The van der Waals surface area contributed by atoms with Gasteiger partial charge in [-0.3, -0.25) is 0 Å². The van der Waals surface area contributed by atoms with Crippen LogP contribution in [0.2, 0.25) is 5.02 Å². The molecule has 1 unspecified atom stereocenters. The average Bonchev–Trinajstić information content (AvgIpc) is 2.75. The zero-order valence-corrected chi connectivity index (χ0v) is 11.2. The monoisotopic (exact) mass is 319 g/mol. The number of nitrogens with two attached hydrogens (primary N) is 1. The second kappa shape index (κ2) is 4.84. The van der Waals surface area contributed by atoms with Crippen molar-refractivity contribution in [2.75, 3.05) is 0 Å². The third-order valence-corrected chi connectivity index (χ3v) is 4.18. The lowest BCUT2D eigenvalue weighted by molar-refractivity contribution is 0.599. The average molecular weight is 321 g/mol. The van der Waals surface area contributed by atoms with Crippen molar-refractivity contribution in [2.24, 2.45) is 5.73 Å². The normalized spacial score (nSPS) is 12.8. The summed E-state index contributed by atoms with van der Waals surface area (Å²) in [7, 11) is 0. The fraction of sp³-hybridized carbons (Fsp3) is 0.0909. The standard InChI is InChI=1S/C11H8BrClFNS/c12-8-4-10(14)7(3-9(8)13)11(15)6-1-2-16-5-6/h1-5,11H,15H2. The lowest BCUT2D eigenvalue weighted by Gasteiger charge is -2.12. The summed E-state index contributed by atoms with van der Waals surface area (Å²) in [6.07, 6.45) is 0. The molecule has 1 aromatic carbocycles.